The van der Waals surface area contributed by atoms with Crippen LogP contribution in [0.5, 0.6) is 0 Å². The Balaban J connectivity index is 2.53. The van der Waals surface area contributed by atoms with E-state index in [2.05, 4.69) is 11.2 Å². The quantitative estimate of drug-likeness (QED) is 0.742. The Morgan fingerprint density at radius 3 is 2.67 bits per heavy atom. The molecule has 0 unspecified atom stereocenters. The van der Waals surface area contributed by atoms with Crippen LogP contribution in [0.4, 0.5) is 0 Å². The van der Waals surface area contributed by atoms with Gasteiger partial charge in [0.15, 0.2) is 12.0 Å². The molecule has 0 N–H and O–H groups in total. The van der Waals surface area contributed by atoms with Gasteiger partial charge in [0, 0.05) is 11.8 Å². The third-order valence-electron chi connectivity index (χ3n) is 2.26. The van der Waals surface area contributed by atoms with Gasteiger partial charge < -0.3 is 0 Å². The number of nitrogens with zero attached hydrogens (tertiary/aromatic N) is 3. The number of rotatable bonds is 2. The van der Waals surface area contributed by atoms with E-state index in [1.165, 1.54) is 4.57 Å². The van der Waals surface area contributed by atoms with Crippen LogP contribution in [0.2, 0.25) is 0 Å². The summed E-state index contributed by atoms with van der Waals surface area (Å²) >= 11 is 0. The molecular weight excluding hydrogens is 186 g/mol. The minimum atomic E-state index is 0.718. The van der Waals surface area contributed by atoms with Gasteiger partial charge in [0.25, 0.3) is 0 Å². The average molecular weight is 197 g/mol. The molecular formula is C12H11N3. The van der Waals surface area contributed by atoms with Gasteiger partial charge in [-0.1, -0.05) is 37.3 Å². The molecule has 1 aromatic carbocycles. The molecule has 0 saturated heterocycles. The van der Waals surface area contributed by atoms with Gasteiger partial charge in [-0.25, -0.2) is 9.55 Å². The fraction of sp³-hybridized carbons (Fsp3) is 0.167. The van der Waals surface area contributed by atoms with E-state index in [4.69, 9.17) is 5.26 Å². The number of hydrogen-bond acceptors (Lipinski definition) is 2. The lowest BCUT2D eigenvalue weighted by atomic mass is 10.2. The second-order valence-corrected chi connectivity index (χ2v) is 3.25. The Labute approximate surface area is 88.6 Å². The molecule has 2 rings (SSSR count). The zero-order valence-electron chi connectivity index (χ0n) is 8.51. The predicted octanol–water partition coefficient (Wildman–Crippen LogP) is 2.44. The van der Waals surface area contributed by atoms with Crippen molar-refractivity contribution in [1.82, 2.24) is 9.55 Å². The van der Waals surface area contributed by atoms with Crippen molar-refractivity contribution in [1.29, 1.82) is 5.26 Å². The SMILES string of the molecule is CCc1cn(C#N)c(-c2ccccc2)n1. The number of nitriles is 1. The van der Waals surface area contributed by atoms with Crippen LogP contribution >= 0.6 is 0 Å². The number of aromatic nitrogens is 2. The molecule has 1 aromatic heterocycles. The van der Waals surface area contributed by atoms with Gasteiger partial charge in [0.1, 0.15) is 0 Å². The van der Waals surface area contributed by atoms with E-state index in [1.807, 2.05) is 37.3 Å². The number of imidazole rings is 1. The lowest BCUT2D eigenvalue weighted by Crippen LogP contribution is -1.90. The molecule has 0 aliphatic rings. The zero-order valence-corrected chi connectivity index (χ0v) is 8.51. The van der Waals surface area contributed by atoms with Gasteiger partial charge in [-0.3, -0.25) is 0 Å². The van der Waals surface area contributed by atoms with Gasteiger partial charge in [0.05, 0.1) is 5.69 Å². The highest BCUT2D eigenvalue weighted by atomic mass is 15.1. The smallest absolute Gasteiger partial charge is 0.190 e. The second-order valence-electron chi connectivity index (χ2n) is 3.25. The summed E-state index contributed by atoms with van der Waals surface area (Å²) < 4.78 is 1.51. The van der Waals surface area contributed by atoms with Crippen LogP contribution in [0.25, 0.3) is 11.4 Å². The molecule has 0 fully saturated rings. The summed E-state index contributed by atoms with van der Waals surface area (Å²) in [7, 11) is 0. The highest BCUT2D eigenvalue weighted by Crippen LogP contribution is 2.17. The molecule has 0 radical (unpaired) electrons. The lowest BCUT2D eigenvalue weighted by Gasteiger charge is -1.97. The Kier molecular flexibility index (Phi) is 2.51. The first-order chi connectivity index (χ1) is 7.35. The number of hydrogen-bond donors (Lipinski definition) is 0. The van der Waals surface area contributed by atoms with Crippen LogP contribution in [-0.4, -0.2) is 9.55 Å². The topological polar surface area (TPSA) is 41.6 Å². The van der Waals surface area contributed by atoms with Gasteiger partial charge in [-0.05, 0) is 6.42 Å². The molecule has 0 atom stereocenters. The minimum absolute atomic E-state index is 0.718. The van der Waals surface area contributed by atoms with Crippen molar-refractivity contribution < 1.29 is 0 Å². The molecule has 0 aliphatic carbocycles. The van der Waals surface area contributed by atoms with Gasteiger partial charge in [-0.2, -0.15) is 5.26 Å². The molecule has 74 valence electrons. The number of benzene rings is 1. The summed E-state index contributed by atoms with van der Waals surface area (Å²) in [5.41, 5.74) is 1.91. The maximum absolute atomic E-state index is 8.96. The van der Waals surface area contributed by atoms with E-state index in [-0.39, 0.29) is 0 Å². The van der Waals surface area contributed by atoms with Crippen molar-refractivity contribution in [3.63, 3.8) is 0 Å². The molecule has 0 saturated carbocycles. The van der Waals surface area contributed by atoms with Gasteiger partial charge in [-0.15, -0.1) is 0 Å². The van der Waals surface area contributed by atoms with Crippen LogP contribution in [0.3, 0.4) is 0 Å². The van der Waals surface area contributed by atoms with Gasteiger partial charge >= 0.3 is 0 Å². The Morgan fingerprint density at radius 1 is 1.33 bits per heavy atom. The fourth-order valence-electron chi connectivity index (χ4n) is 1.47. The first kappa shape index (κ1) is 9.47. The summed E-state index contributed by atoms with van der Waals surface area (Å²) in [6.07, 6.45) is 4.72. The molecule has 0 aliphatic heterocycles. The van der Waals surface area contributed by atoms with Crippen LogP contribution in [-0.2, 0) is 6.42 Å². The van der Waals surface area contributed by atoms with Crippen LogP contribution in [0, 0.1) is 11.5 Å². The lowest BCUT2D eigenvalue weighted by molar-refractivity contribution is 1.06. The van der Waals surface area contributed by atoms with Gasteiger partial charge in [0.2, 0.25) is 0 Å². The van der Waals surface area contributed by atoms with E-state index in [0.29, 0.717) is 0 Å². The minimum Gasteiger partial charge on any atom is -0.236 e. The molecule has 1 heterocycles. The van der Waals surface area contributed by atoms with E-state index < -0.39 is 0 Å². The highest BCUT2D eigenvalue weighted by Gasteiger charge is 2.07. The highest BCUT2D eigenvalue weighted by molar-refractivity contribution is 5.56. The fourth-order valence-corrected chi connectivity index (χ4v) is 1.47. The zero-order chi connectivity index (χ0) is 10.7. The van der Waals surface area contributed by atoms with Crippen LogP contribution < -0.4 is 0 Å². The summed E-state index contributed by atoms with van der Waals surface area (Å²) in [4.78, 5) is 4.41. The standard InChI is InChI=1S/C12H11N3/c1-2-11-8-15(9-13)12(14-11)10-6-4-3-5-7-10/h3-8H,2H2,1H3. The molecule has 0 spiro atoms. The van der Waals surface area contributed by atoms with Crippen molar-refractivity contribution in [3.8, 4) is 17.6 Å². The summed E-state index contributed by atoms with van der Waals surface area (Å²) in [6.45, 7) is 2.03. The van der Waals surface area contributed by atoms with E-state index in [0.717, 1.165) is 23.5 Å². The first-order valence-corrected chi connectivity index (χ1v) is 4.89. The molecule has 0 bridgehead atoms. The third-order valence-corrected chi connectivity index (χ3v) is 2.26. The Hall–Kier alpha value is -2.08. The summed E-state index contributed by atoms with van der Waals surface area (Å²) in [5.74, 6) is 0.718. The van der Waals surface area contributed by atoms with Crippen LogP contribution in [0.1, 0.15) is 12.6 Å². The summed E-state index contributed by atoms with van der Waals surface area (Å²) in [6, 6.07) is 9.74. The predicted molar refractivity (Wildman–Crippen MR) is 58.1 cm³/mol. The summed E-state index contributed by atoms with van der Waals surface area (Å²) in [5, 5.41) is 8.96. The van der Waals surface area contributed by atoms with Crippen LogP contribution in [0.15, 0.2) is 36.5 Å². The molecule has 3 nitrogen and oxygen atoms in total. The van der Waals surface area contributed by atoms with E-state index >= 15 is 0 Å². The molecule has 0 amide bonds. The van der Waals surface area contributed by atoms with Crippen molar-refractivity contribution in [2.75, 3.05) is 0 Å². The van der Waals surface area contributed by atoms with Crippen molar-refractivity contribution >= 4 is 0 Å². The van der Waals surface area contributed by atoms with Crippen molar-refractivity contribution in [3.05, 3.63) is 42.2 Å². The van der Waals surface area contributed by atoms with Crippen molar-refractivity contribution in [2.45, 2.75) is 13.3 Å². The third kappa shape index (κ3) is 1.75. The molecule has 3 heteroatoms. The first-order valence-electron chi connectivity index (χ1n) is 4.89. The van der Waals surface area contributed by atoms with Crippen molar-refractivity contribution in [2.24, 2.45) is 0 Å². The average Bonchev–Trinajstić information content (AvgIpc) is 2.73. The second kappa shape index (κ2) is 3.97. The van der Waals surface area contributed by atoms with E-state index in [9.17, 15) is 0 Å². The molecule has 2 aromatic rings. The molecule has 15 heavy (non-hydrogen) atoms. The largest absolute Gasteiger partial charge is 0.236 e. The normalized spacial score (nSPS) is 9.87. The number of aryl methyl sites for hydroxylation is 1. The Morgan fingerprint density at radius 2 is 2.07 bits per heavy atom. The maximum atomic E-state index is 8.96. The monoisotopic (exact) mass is 197 g/mol. The Bertz CT molecular complexity index is 491. The van der Waals surface area contributed by atoms with E-state index in [1.54, 1.807) is 6.20 Å². The maximum Gasteiger partial charge on any atom is 0.190 e.